The fourth-order valence-electron chi connectivity index (χ4n) is 4.12. The van der Waals surface area contributed by atoms with Crippen molar-refractivity contribution in [2.45, 2.75) is 45.2 Å². The maximum absolute atomic E-state index is 12.8. The standard InChI is InChI=1S/C19H25N3O4/c1-11(2)20-19(26)21-14-8-6-12(7-9-14)17(23)22-10-13-4-3-5-15(13)16(22)18(24)25/h6-9,11,13,15-16H,3-5,10H2,1-2H3,(H,24,25)(H2,20,21,26). The van der Waals surface area contributed by atoms with Gasteiger partial charge < -0.3 is 20.6 Å². The molecule has 26 heavy (non-hydrogen) atoms. The molecule has 140 valence electrons. The molecule has 2 aliphatic rings. The lowest BCUT2D eigenvalue weighted by Gasteiger charge is -2.24. The number of benzene rings is 1. The Balaban J connectivity index is 1.70. The van der Waals surface area contributed by atoms with Crippen molar-refractivity contribution in [2.75, 3.05) is 11.9 Å². The summed E-state index contributed by atoms with van der Waals surface area (Å²) in [5.41, 5.74) is 1.01. The van der Waals surface area contributed by atoms with Crippen molar-refractivity contribution in [1.82, 2.24) is 10.2 Å². The fourth-order valence-corrected chi connectivity index (χ4v) is 4.12. The zero-order valence-electron chi connectivity index (χ0n) is 15.1. The van der Waals surface area contributed by atoms with Gasteiger partial charge in [-0.2, -0.15) is 0 Å². The number of aliphatic carboxylic acids is 1. The van der Waals surface area contributed by atoms with E-state index in [9.17, 15) is 19.5 Å². The number of rotatable bonds is 4. The number of carbonyl (C=O) groups is 3. The molecule has 7 heteroatoms. The molecule has 1 aliphatic carbocycles. The SMILES string of the molecule is CC(C)NC(=O)Nc1ccc(C(=O)N2CC3CCCC3C2C(=O)O)cc1. The maximum Gasteiger partial charge on any atom is 0.326 e. The van der Waals surface area contributed by atoms with E-state index >= 15 is 0 Å². The molecule has 0 radical (unpaired) electrons. The number of carboxylic acid groups (broad SMARTS) is 1. The van der Waals surface area contributed by atoms with E-state index in [0.29, 0.717) is 23.7 Å². The van der Waals surface area contributed by atoms with Gasteiger partial charge in [-0.1, -0.05) is 6.42 Å². The first-order valence-corrected chi connectivity index (χ1v) is 9.08. The van der Waals surface area contributed by atoms with Crippen molar-refractivity contribution in [2.24, 2.45) is 11.8 Å². The number of nitrogens with zero attached hydrogens (tertiary/aromatic N) is 1. The summed E-state index contributed by atoms with van der Waals surface area (Å²) in [7, 11) is 0. The van der Waals surface area contributed by atoms with Crippen molar-refractivity contribution >= 4 is 23.6 Å². The molecule has 3 amide bonds. The molecule has 2 fully saturated rings. The van der Waals surface area contributed by atoms with Gasteiger partial charge in [-0.25, -0.2) is 9.59 Å². The van der Waals surface area contributed by atoms with Gasteiger partial charge in [0.1, 0.15) is 6.04 Å². The zero-order valence-corrected chi connectivity index (χ0v) is 15.1. The van der Waals surface area contributed by atoms with Crippen molar-refractivity contribution in [1.29, 1.82) is 0 Å². The van der Waals surface area contributed by atoms with Crippen LogP contribution < -0.4 is 10.6 Å². The summed E-state index contributed by atoms with van der Waals surface area (Å²) in [6.45, 7) is 4.24. The van der Waals surface area contributed by atoms with E-state index in [1.807, 2.05) is 13.8 Å². The van der Waals surface area contributed by atoms with Gasteiger partial charge in [-0.15, -0.1) is 0 Å². The summed E-state index contributed by atoms with van der Waals surface area (Å²) < 4.78 is 0. The molecule has 1 saturated heterocycles. The van der Waals surface area contributed by atoms with Crippen LogP contribution in [0.15, 0.2) is 24.3 Å². The van der Waals surface area contributed by atoms with Gasteiger partial charge in [0.15, 0.2) is 0 Å². The molecular formula is C19H25N3O4. The number of anilines is 1. The highest BCUT2D eigenvalue weighted by atomic mass is 16.4. The number of hydrogen-bond donors (Lipinski definition) is 3. The molecule has 3 atom stereocenters. The van der Waals surface area contributed by atoms with Crippen molar-refractivity contribution in [3.05, 3.63) is 29.8 Å². The van der Waals surface area contributed by atoms with E-state index in [1.54, 1.807) is 24.3 Å². The molecule has 3 unspecified atom stereocenters. The number of likely N-dealkylation sites (tertiary alicyclic amines) is 1. The topological polar surface area (TPSA) is 98.7 Å². The van der Waals surface area contributed by atoms with Crippen LogP contribution in [0.4, 0.5) is 10.5 Å². The molecule has 0 bridgehead atoms. The molecular weight excluding hydrogens is 334 g/mol. The predicted molar refractivity (Wildman–Crippen MR) is 97.0 cm³/mol. The predicted octanol–water partition coefficient (Wildman–Crippen LogP) is 2.54. The monoisotopic (exact) mass is 359 g/mol. The third kappa shape index (κ3) is 3.66. The number of amides is 3. The van der Waals surface area contributed by atoms with Crippen LogP contribution in [0.5, 0.6) is 0 Å². The highest BCUT2D eigenvalue weighted by Gasteiger charge is 2.49. The molecule has 7 nitrogen and oxygen atoms in total. The summed E-state index contributed by atoms with van der Waals surface area (Å²) in [6, 6.07) is 5.54. The first-order valence-electron chi connectivity index (χ1n) is 9.08. The molecule has 1 aromatic rings. The summed E-state index contributed by atoms with van der Waals surface area (Å²) in [6.07, 6.45) is 2.91. The third-order valence-electron chi connectivity index (χ3n) is 5.21. The smallest absolute Gasteiger partial charge is 0.326 e. The van der Waals surface area contributed by atoms with Crippen molar-refractivity contribution < 1.29 is 19.5 Å². The van der Waals surface area contributed by atoms with Crippen molar-refractivity contribution in [3.8, 4) is 0 Å². The lowest BCUT2D eigenvalue weighted by atomic mass is 9.94. The second-order valence-electron chi connectivity index (χ2n) is 7.43. The second-order valence-corrected chi connectivity index (χ2v) is 7.43. The Morgan fingerprint density at radius 2 is 1.85 bits per heavy atom. The molecule has 0 aromatic heterocycles. The van der Waals surface area contributed by atoms with Crippen LogP contribution >= 0.6 is 0 Å². The Bertz CT molecular complexity index is 701. The Hall–Kier alpha value is -2.57. The van der Waals surface area contributed by atoms with Crippen LogP contribution in [0, 0.1) is 11.8 Å². The van der Waals surface area contributed by atoms with Gasteiger partial charge in [0.2, 0.25) is 0 Å². The fraction of sp³-hybridized carbons (Fsp3) is 0.526. The minimum absolute atomic E-state index is 0.0263. The minimum Gasteiger partial charge on any atom is -0.480 e. The zero-order chi connectivity index (χ0) is 18.8. The number of fused-ring (bicyclic) bond motifs is 1. The highest BCUT2D eigenvalue weighted by molar-refractivity contribution is 5.98. The number of nitrogens with one attached hydrogen (secondary N) is 2. The van der Waals surface area contributed by atoms with Crippen LogP contribution in [0.3, 0.4) is 0 Å². The van der Waals surface area contributed by atoms with E-state index in [0.717, 1.165) is 19.3 Å². The maximum atomic E-state index is 12.8. The van der Waals surface area contributed by atoms with E-state index in [1.165, 1.54) is 4.90 Å². The Kier molecular flexibility index (Phi) is 5.15. The summed E-state index contributed by atoms with van der Waals surface area (Å²) >= 11 is 0. The largest absolute Gasteiger partial charge is 0.480 e. The third-order valence-corrected chi connectivity index (χ3v) is 5.21. The van der Waals surface area contributed by atoms with E-state index < -0.39 is 12.0 Å². The van der Waals surface area contributed by atoms with Gasteiger partial charge in [-0.3, -0.25) is 4.79 Å². The van der Waals surface area contributed by atoms with Gasteiger partial charge >= 0.3 is 12.0 Å². The van der Waals surface area contributed by atoms with Gasteiger partial charge in [0.25, 0.3) is 5.91 Å². The van der Waals surface area contributed by atoms with Gasteiger partial charge in [-0.05, 0) is 62.8 Å². The lowest BCUT2D eigenvalue weighted by molar-refractivity contribution is -0.142. The second kappa shape index (κ2) is 7.35. The van der Waals surface area contributed by atoms with Crippen molar-refractivity contribution in [3.63, 3.8) is 0 Å². The molecule has 0 spiro atoms. The van der Waals surface area contributed by atoms with Crippen LogP contribution in [0.2, 0.25) is 0 Å². The van der Waals surface area contributed by atoms with Crippen LogP contribution in [0.25, 0.3) is 0 Å². The molecule has 3 rings (SSSR count). The Labute approximate surface area is 152 Å². The molecule has 1 heterocycles. The molecule has 3 N–H and O–H groups in total. The molecule has 1 saturated carbocycles. The first kappa shape index (κ1) is 18.2. The number of carbonyl (C=O) groups excluding carboxylic acids is 2. The summed E-state index contributed by atoms with van der Waals surface area (Å²) in [5.74, 6) is -0.820. The van der Waals surface area contributed by atoms with Gasteiger partial charge in [0, 0.05) is 23.8 Å². The van der Waals surface area contributed by atoms with Crippen LogP contribution in [-0.2, 0) is 4.79 Å². The van der Waals surface area contributed by atoms with E-state index in [-0.39, 0.29) is 23.9 Å². The minimum atomic E-state index is -0.920. The number of hydrogen-bond acceptors (Lipinski definition) is 3. The quantitative estimate of drug-likeness (QED) is 0.769. The Morgan fingerprint density at radius 1 is 1.15 bits per heavy atom. The summed E-state index contributed by atoms with van der Waals surface area (Å²) in [4.78, 5) is 37.8. The van der Waals surface area contributed by atoms with Crippen LogP contribution in [-0.4, -0.2) is 46.5 Å². The van der Waals surface area contributed by atoms with Gasteiger partial charge in [0.05, 0.1) is 0 Å². The van der Waals surface area contributed by atoms with E-state index in [4.69, 9.17) is 0 Å². The first-order chi connectivity index (χ1) is 12.4. The lowest BCUT2D eigenvalue weighted by Crippen LogP contribution is -2.43. The average Bonchev–Trinajstić information content (AvgIpc) is 3.14. The van der Waals surface area contributed by atoms with Crippen LogP contribution in [0.1, 0.15) is 43.5 Å². The summed E-state index contributed by atoms with van der Waals surface area (Å²) in [5, 5.41) is 15.0. The number of carboxylic acids is 1. The molecule has 1 aliphatic heterocycles. The average molecular weight is 359 g/mol. The Morgan fingerprint density at radius 3 is 2.46 bits per heavy atom. The molecule has 1 aromatic carbocycles. The number of urea groups is 1. The normalized spacial score (nSPS) is 24.4. The van der Waals surface area contributed by atoms with E-state index in [2.05, 4.69) is 10.6 Å². The highest BCUT2D eigenvalue weighted by Crippen LogP contribution is 2.42.